The number of ether oxygens (including phenoxy) is 1. The van der Waals surface area contributed by atoms with Crippen LogP contribution in [0.25, 0.3) is 0 Å². The SMILES string of the molecule is COc1ccc(Cl)cc1C(=O)Cn1nc(N)n(Nc2cccs2)c1=S. The molecular formula is C15H14ClN5O2S2. The van der Waals surface area contributed by atoms with Crippen molar-refractivity contribution in [2.45, 2.75) is 6.54 Å². The number of nitrogen functional groups attached to an aromatic ring is 1. The number of Topliss-reactive ketones (excluding diaryl/α,β-unsaturated/α-hetero) is 1. The Morgan fingerprint density at radius 2 is 2.28 bits per heavy atom. The normalized spacial score (nSPS) is 10.6. The van der Waals surface area contributed by atoms with Crippen LogP contribution in [-0.2, 0) is 6.54 Å². The van der Waals surface area contributed by atoms with Crippen molar-refractivity contribution < 1.29 is 9.53 Å². The van der Waals surface area contributed by atoms with Crippen molar-refractivity contribution in [1.29, 1.82) is 0 Å². The van der Waals surface area contributed by atoms with Gasteiger partial charge in [0.25, 0.3) is 0 Å². The molecule has 0 fully saturated rings. The maximum absolute atomic E-state index is 12.6. The molecule has 0 atom stereocenters. The Bertz CT molecular complexity index is 965. The van der Waals surface area contributed by atoms with Gasteiger partial charge in [-0.2, -0.15) is 4.68 Å². The van der Waals surface area contributed by atoms with Gasteiger partial charge in [-0.15, -0.1) is 16.4 Å². The van der Waals surface area contributed by atoms with Gasteiger partial charge in [-0.05, 0) is 47.9 Å². The zero-order valence-electron chi connectivity index (χ0n) is 13.1. The number of hydrogen-bond donors (Lipinski definition) is 2. The quantitative estimate of drug-likeness (QED) is 0.490. The lowest BCUT2D eigenvalue weighted by molar-refractivity contribution is 0.0964. The fraction of sp³-hybridized carbons (Fsp3) is 0.133. The molecule has 0 radical (unpaired) electrons. The number of methoxy groups -OCH3 is 1. The number of ketones is 1. The summed E-state index contributed by atoms with van der Waals surface area (Å²) in [5, 5.41) is 7.35. The molecule has 130 valence electrons. The van der Waals surface area contributed by atoms with Crippen molar-refractivity contribution in [3.8, 4) is 5.75 Å². The highest BCUT2D eigenvalue weighted by molar-refractivity contribution is 7.71. The summed E-state index contributed by atoms with van der Waals surface area (Å²) in [5.74, 6) is 0.352. The van der Waals surface area contributed by atoms with Crippen molar-refractivity contribution in [2.75, 3.05) is 18.3 Å². The molecule has 0 saturated carbocycles. The molecule has 2 heterocycles. The van der Waals surface area contributed by atoms with Gasteiger partial charge in [-0.1, -0.05) is 11.6 Å². The van der Waals surface area contributed by atoms with Crippen molar-refractivity contribution in [1.82, 2.24) is 14.5 Å². The summed E-state index contributed by atoms with van der Waals surface area (Å²) < 4.78 is 8.29. The van der Waals surface area contributed by atoms with Gasteiger partial charge >= 0.3 is 0 Å². The molecule has 2 aromatic heterocycles. The number of carbonyl (C=O) groups is 1. The van der Waals surface area contributed by atoms with Crippen LogP contribution in [0.4, 0.5) is 10.9 Å². The van der Waals surface area contributed by atoms with Crippen LogP contribution in [0.1, 0.15) is 10.4 Å². The van der Waals surface area contributed by atoms with E-state index in [-0.39, 0.29) is 23.0 Å². The summed E-state index contributed by atoms with van der Waals surface area (Å²) in [7, 11) is 1.49. The average molecular weight is 396 g/mol. The fourth-order valence-electron chi connectivity index (χ4n) is 2.20. The van der Waals surface area contributed by atoms with Crippen LogP contribution in [0, 0.1) is 4.77 Å². The molecule has 0 aliphatic carbocycles. The van der Waals surface area contributed by atoms with Gasteiger partial charge < -0.3 is 10.5 Å². The maximum Gasteiger partial charge on any atom is 0.240 e. The summed E-state index contributed by atoms with van der Waals surface area (Å²) in [6.07, 6.45) is 0. The first-order valence-corrected chi connectivity index (χ1v) is 8.79. The number of carbonyl (C=O) groups excluding carboxylic acids is 1. The third-order valence-electron chi connectivity index (χ3n) is 3.36. The minimum Gasteiger partial charge on any atom is -0.496 e. The Balaban J connectivity index is 1.88. The van der Waals surface area contributed by atoms with Gasteiger partial charge in [0.05, 0.1) is 12.7 Å². The number of nitrogens with one attached hydrogen (secondary N) is 1. The second-order valence-corrected chi connectivity index (χ2v) is 6.74. The molecule has 0 amide bonds. The maximum atomic E-state index is 12.6. The van der Waals surface area contributed by atoms with E-state index in [0.29, 0.717) is 16.3 Å². The van der Waals surface area contributed by atoms with E-state index in [9.17, 15) is 4.79 Å². The molecule has 0 unspecified atom stereocenters. The van der Waals surface area contributed by atoms with Crippen molar-refractivity contribution >= 4 is 51.9 Å². The molecule has 3 aromatic rings. The van der Waals surface area contributed by atoms with E-state index in [1.165, 1.54) is 27.8 Å². The number of nitrogens with two attached hydrogens (primary N) is 1. The molecule has 0 spiro atoms. The second-order valence-electron chi connectivity index (χ2n) is 4.99. The van der Waals surface area contributed by atoms with Crippen LogP contribution in [0.3, 0.4) is 0 Å². The Morgan fingerprint density at radius 3 is 2.96 bits per heavy atom. The van der Waals surface area contributed by atoms with Crippen LogP contribution in [0.2, 0.25) is 5.02 Å². The van der Waals surface area contributed by atoms with Crippen molar-refractivity contribution in [2.24, 2.45) is 0 Å². The molecule has 3 rings (SSSR count). The van der Waals surface area contributed by atoms with Gasteiger partial charge in [0.2, 0.25) is 10.7 Å². The van der Waals surface area contributed by atoms with Gasteiger partial charge in [-0.3, -0.25) is 10.2 Å². The number of aromatic nitrogens is 3. The highest BCUT2D eigenvalue weighted by Gasteiger charge is 2.17. The molecule has 1 aromatic carbocycles. The van der Waals surface area contributed by atoms with Crippen LogP contribution >= 0.6 is 35.2 Å². The Kier molecular flexibility index (Phi) is 5.07. The van der Waals surface area contributed by atoms with E-state index >= 15 is 0 Å². The third-order valence-corrected chi connectivity index (χ3v) is 4.77. The number of halogens is 1. The van der Waals surface area contributed by atoms with E-state index in [0.717, 1.165) is 5.00 Å². The summed E-state index contributed by atoms with van der Waals surface area (Å²) in [5.41, 5.74) is 9.31. The van der Waals surface area contributed by atoms with Crippen molar-refractivity contribution in [3.05, 3.63) is 51.1 Å². The van der Waals surface area contributed by atoms with Gasteiger partial charge in [-0.25, -0.2) is 4.68 Å². The van der Waals surface area contributed by atoms with Gasteiger partial charge in [0.15, 0.2) is 5.78 Å². The minimum atomic E-state index is -0.240. The highest BCUT2D eigenvalue weighted by Crippen LogP contribution is 2.24. The number of rotatable bonds is 6. The first kappa shape index (κ1) is 17.5. The number of thiophene rings is 1. The molecule has 0 aliphatic rings. The van der Waals surface area contributed by atoms with Gasteiger partial charge in [0, 0.05) is 5.02 Å². The molecule has 10 heteroatoms. The molecule has 3 N–H and O–H groups in total. The molecular weight excluding hydrogens is 382 g/mol. The first-order valence-electron chi connectivity index (χ1n) is 7.12. The standard InChI is InChI=1S/C15H14ClN5O2S2/c1-23-12-5-4-9(16)7-10(12)11(22)8-20-15(24)21(14(17)19-20)18-13-3-2-6-25-13/h2-7,18H,8H2,1H3,(H2,17,19). The fourth-order valence-corrected chi connectivity index (χ4v) is 3.23. The van der Waals surface area contributed by atoms with E-state index < -0.39 is 0 Å². The predicted molar refractivity (Wildman–Crippen MR) is 101 cm³/mol. The Labute approximate surface area is 157 Å². The van der Waals surface area contributed by atoms with Gasteiger partial charge in [0.1, 0.15) is 17.3 Å². The number of benzene rings is 1. The average Bonchev–Trinajstić information content (AvgIpc) is 3.19. The molecule has 25 heavy (non-hydrogen) atoms. The van der Waals surface area contributed by atoms with Crippen LogP contribution < -0.4 is 15.9 Å². The minimum absolute atomic E-state index is 0.0845. The molecule has 0 aliphatic heterocycles. The summed E-state index contributed by atoms with van der Waals surface area (Å²) >= 11 is 12.8. The largest absolute Gasteiger partial charge is 0.496 e. The van der Waals surface area contributed by atoms with E-state index in [1.54, 1.807) is 18.2 Å². The van der Waals surface area contributed by atoms with E-state index in [2.05, 4.69) is 10.5 Å². The predicted octanol–water partition coefficient (Wildman–Crippen LogP) is 3.48. The lowest BCUT2D eigenvalue weighted by Gasteiger charge is -2.08. The molecule has 0 saturated heterocycles. The number of hydrogen-bond acceptors (Lipinski definition) is 7. The van der Waals surface area contributed by atoms with Crippen LogP contribution in [-0.4, -0.2) is 27.3 Å². The Hall–Kier alpha value is -2.36. The lowest BCUT2D eigenvalue weighted by atomic mass is 10.1. The van der Waals surface area contributed by atoms with Crippen LogP contribution in [0.5, 0.6) is 5.75 Å². The zero-order valence-corrected chi connectivity index (χ0v) is 15.5. The third kappa shape index (κ3) is 3.68. The topological polar surface area (TPSA) is 87.1 Å². The number of anilines is 2. The van der Waals surface area contributed by atoms with E-state index in [4.69, 9.17) is 34.3 Å². The lowest BCUT2D eigenvalue weighted by Crippen LogP contribution is -2.15. The molecule has 0 bridgehead atoms. The zero-order chi connectivity index (χ0) is 18.0. The second kappa shape index (κ2) is 7.26. The summed E-state index contributed by atoms with van der Waals surface area (Å²) in [6.45, 7) is -0.0845. The Morgan fingerprint density at radius 1 is 1.48 bits per heavy atom. The first-order chi connectivity index (χ1) is 12.0. The highest BCUT2D eigenvalue weighted by atomic mass is 35.5. The monoisotopic (exact) mass is 395 g/mol. The summed E-state index contributed by atoms with van der Waals surface area (Å²) in [6, 6.07) is 8.62. The van der Waals surface area contributed by atoms with E-state index in [1.807, 2.05) is 17.5 Å². The van der Waals surface area contributed by atoms with Crippen LogP contribution in [0.15, 0.2) is 35.7 Å². The molecule has 7 nitrogen and oxygen atoms in total. The smallest absolute Gasteiger partial charge is 0.240 e. The summed E-state index contributed by atoms with van der Waals surface area (Å²) in [4.78, 5) is 12.6. The number of nitrogens with zero attached hydrogens (tertiary/aromatic N) is 3. The van der Waals surface area contributed by atoms with Crippen molar-refractivity contribution in [3.63, 3.8) is 0 Å².